The van der Waals surface area contributed by atoms with Crippen LogP contribution in [0, 0.1) is 0 Å². The van der Waals surface area contributed by atoms with Gasteiger partial charge in [0, 0.05) is 0 Å². The Balaban J connectivity index is 4.48. The maximum atomic E-state index is 3.79. The first kappa shape index (κ1) is 20.1. The summed E-state index contributed by atoms with van der Waals surface area (Å²) in [7, 11) is -1.93. The van der Waals surface area contributed by atoms with Gasteiger partial charge in [-0.25, -0.2) is 0 Å². The molecule has 4 nitrogen and oxygen atoms in total. The molecule has 0 atom stereocenters. The molecule has 0 bridgehead atoms. The van der Waals surface area contributed by atoms with E-state index in [1.165, 1.54) is 44.9 Å². The van der Waals surface area contributed by atoms with Crippen LogP contribution in [0.3, 0.4) is 0 Å². The van der Waals surface area contributed by atoms with Crippen LogP contribution in [-0.4, -0.2) is 34.9 Å². The van der Waals surface area contributed by atoms with Crippen LogP contribution in [0.1, 0.15) is 72.6 Å². The largest absolute Gasteiger partial charge is 0.365 e. The maximum Gasteiger partial charge on any atom is 0.365 e. The van der Waals surface area contributed by atoms with Gasteiger partial charge in [0.25, 0.3) is 0 Å². The van der Waals surface area contributed by atoms with Crippen molar-refractivity contribution in [2.75, 3.05) is 26.2 Å². The van der Waals surface area contributed by atoms with Crippen molar-refractivity contribution in [1.82, 2.24) is 19.9 Å². The average molecular weight is 303 g/mol. The quantitative estimate of drug-likeness (QED) is 0.277. The molecular weight excluding hydrogens is 264 g/mol. The van der Waals surface area contributed by atoms with Crippen molar-refractivity contribution in [1.29, 1.82) is 0 Å². The molecule has 0 rings (SSSR count). The van der Waals surface area contributed by atoms with Crippen LogP contribution >= 0.6 is 0 Å². The van der Waals surface area contributed by atoms with Crippen LogP contribution in [-0.2, 0) is 0 Å². The molecule has 0 fully saturated rings. The lowest BCUT2D eigenvalue weighted by Crippen LogP contribution is -2.81. The number of nitrogens with one attached hydrogen (secondary N) is 4. The smallest absolute Gasteiger partial charge is 0.301 e. The lowest BCUT2D eigenvalue weighted by Gasteiger charge is -2.34. The van der Waals surface area contributed by atoms with Gasteiger partial charge in [-0.3, -0.25) is 0 Å². The molecule has 0 spiro atoms. The first-order chi connectivity index (χ1) is 9.74. The Morgan fingerprint density at radius 1 is 0.500 bits per heavy atom. The molecule has 0 saturated carbocycles. The molecule has 0 heterocycles. The SMILES string of the molecule is CCCCN[Si](NCCC)(NCCCC)NCCCC. The standard InChI is InChI=1S/C15H38N4Si/c1-5-9-13-17-20(16-12-8-4,18-14-10-6-2)19-15-11-7-3/h16-19H,5-15H2,1-4H3. The average Bonchev–Trinajstić information content (AvgIpc) is 2.46. The summed E-state index contributed by atoms with van der Waals surface area (Å²) >= 11 is 0. The number of hydrogen-bond acceptors (Lipinski definition) is 4. The van der Waals surface area contributed by atoms with Gasteiger partial charge in [-0.15, -0.1) is 0 Å². The third-order valence-corrected chi connectivity index (χ3v) is 6.52. The molecule has 0 aliphatic rings. The van der Waals surface area contributed by atoms with E-state index in [1.807, 2.05) is 0 Å². The fourth-order valence-electron chi connectivity index (χ4n) is 2.05. The van der Waals surface area contributed by atoms with E-state index in [-0.39, 0.29) is 0 Å². The van der Waals surface area contributed by atoms with Gasteiger partial charge in [0.2, 0.25) is 0 Å². The van der Waals surface area contributed by atoms with E-state index >= 15 is 0 Å². The second kappa shape index (κ2) is 14.0. The first-order valence-corrected chi connectivity index (χ1v) is 10.7. The van der Waals surface area contributed by atoms with Crippen molar-refractivity contribution in [3.8, 4) is 0 Å². The Bertz CT molecular complexity index is 176. The molecule has 4 N–H and O–H groups in total. The van der Waals surface area contributed by atoms with Crippen LogP contribution in [0.2, 0.25) is 0 Å². The van der Waals surface area contributed by atoms with E-state index in [0.29, 0.717) is 0 Å². The third-order valence-electron chi connectivity index (χ3n) is 3.40. The number of hydrogen-bond donors (Lipinski definition) is 4. The predicted octanol–water partition coefficient (Wildman–Crippen LogP) is 2.59. The summed E-state index contributed by atoms with van der Waals surface area (Å²) in [5.41, 5.74) is 0. The molecule has 122 valence electrons. The molecule has 0 aromatic carbocycles. The molecule has 20 heavy (non-hydrogen) atoms. The van der Waals surface area contributed by atoms with Gasteiger partial charge in [-0.1, -0.05) is 47.0 Å². The third kappa shape index (κ3) is 9.88. The fraction of sp³-hybridized carbons (Fsp3) is 1.00. The normalized spacial score (nSPS) is 12.0. The Morgan fingerprint density at radius 2 is 0.850 bits per heavy atom. The highest BCUT2D eigenvalue weighted by atomic mass is 28.4. The summed E-state index contributed by atoms with van der Waals surface area (Å²) in [5, 5.41) is 0. The molecule has 5 heteroatoms. The van der Waals surface area contributed by atoms with Crippen LogP contribution in [0.25, 0.3) is 0 Å². The molecule has 0 aliphatic heterocycles. The second-order valence-corrected chi connectivity index (χ2v) is 8.43. The van der Waals surface area contributed by atoms with Crippen molar-refractivity contribution >= 4 is 8.72 Å². The molecule has 0 aromatic heterocycles. The minimum Gasteiger partial charge on any atom is -0.301 e. The van der Waals surface area contributed by atoms with Gasteiger partial charge in [0.05, 0.1) is 0 Å². The lowest BCUT2D eigenvalue weighted by atomic mass is 10.3. The highest BCUT2D eigenvalue weighted by Crippen LogP contribution is 1.94. The van der Waals surface area contributed by atoms with Gasteiger partial charge in [-0.2, -0.15) is 0 Å². The highest BCUT2D eigenvalue weighted by molar-refractivity contribution is 6.70. The summed E-state index contributed by atoms with van der Waals surface area (Å²) in [6.45, 7) is 13.3. The maximum absolute atomic E-state index is 3.79. The lowest BCUT2D eigenvalue weighted by molar-refractivity contribution is 0.620. The Labute approximate surface area is 128 Å². The zero-order valence-electron chi connectivity index (χ0n) is 14.3. The van der Waals surface area contributed by atoms with Gasteiger partial charge in [-0.05, 0) is 51.9 Å². The Hall–Kier alpha value is 0.0569. The van der Waals surface area contributed by atoms with E-state index in [9.17, 15) is 0 Å². The van der Waals surface area contributed by atoms with E-state index in [0.717, 1.165) is 26.2 Å². The van der Waals surface area contributed by atoms with Gasteiger partial charge >= 0.3 is 8.72 Å². The minimum atomic E-state index is -1.93. The van der Waals surface area contributed by atoms with E-state index < -0.39 is 8.72 Å². The summed E-state index contributed by atoms with van der Waals surface area (Å²) in [4.78, 5) is 15.1. The summed E-state index contributed by atoms with van der Waals surface area (Å²) in [5.74, 6) is 0. The van der Waals surface area contributed by atoms with Crippen molar-refractivity contribution in [3.63, 3.8) is 0 Å². The Kier molecular flexibility index (Phi) is 14.1. The monoisotopic (exact) mass is 302 g/mol. The summed E-state index contributed by atoms with van der Waals surface area (Å²) < 4.78 is 0. The van der Waals surface area contributed by atoms with E-state index in [1.54, 1.807) is 0 Å². The van der Waals surface area contributed by atoms with Crippen LogP contribution in [0.15, 0.2) is 0 Å². The van der Waals surface area contributed by atoms with Gasteiger partial charge < -0.3 is 19.9 Å². The Morgan fingerprint density at radius 3 is 1.15 bits per heavy atom. The van der Waals surface area contributed by atoms with E-state index in [2.05, 4.69) is 47.6 Å². The molecule has 0 radical (unpaired) electrons. The van der Waals surface area contributed by atoms with Gasteiger partial charge in [0.15, 0.2) is 0 Å². The summed E-state index contributed by atoms with van der Waals surface area (Å²) in [6, 6.07) is 0. The van der Waals surface area contributed by atoms with Crippen molar-refractivity contribution in [2.45, 2.75) is 72.6 Å². The van der Waals surface area contributed by atoms with Crippen LogP contribution in [0.5, 0.6) is 0 Å². The minimum absolute atomic E-state index is 1.07. The van der Waals surface area contributed by atoms with Crippen LogP contribution < -0.4 is 19.9 Å². The number of unbranched alkanes of at least 4 members (excludes halogenated alkanes) is 3. The second-order valence-electron chi connectivity index (χ2n) is 5.52. The van der Waals surface area contributed by atoms with Crippen molar-refractivity contribution in [2.24, 2.45) is 0 Å². The van der Waals surface area contributed by atoms with Gasteiger partial charge in [0.1, 0.15) is 0 Å². The summed E-state index contributed by atoms with van der Waals surface area (Å²) in [6.07, 6.45) is 8.64. The molecular formula is C15H38N4Si. The fourth-order valence-corrected chi connectivity index (χ4v) is 5.08. The van der Waals surface area contributed by atoms with Crippen molar-refractivity contribution in [3.05, 3.63) is 0 Å². The molecule has 0 amide bonds. The highest BCUT2D eigenvalue weighted by Gasteiger charge is 2.32. The zero-order valence-corrected chi connectivity index (χ0v) is 15.3. The zero-order chi connectivity index (χ0) is 15.1. The topological polar surface area (TPSA) is 48.1 Å². The molecule has 0 aromatic rings. The molecule has 0 unspecified atom stereocenters. The molecule has 0 saturated heterocycles. The number of rotatable bonds is 15. The van der Waals surface area contributed by atoms with Crippen LogP contribution in [0.4, 0.5) is 0 Å². The predicted molar refractivity (Wildman–Crippen MR) is 92.8 cm³/mol. The van der Waals surface area contributed by atoms with E-state index in [4.69, 9.17) is 0 Å². The molecule has 0 aliphatic carbocycles. The first-order valence-electron chi connectivity index (χ1n) is 8.74. The van der Waals surface area contributed by atoms with Crippen molar-refractivity contribution < 1.29 is 0 Å².